The van der Waals surface area contributed by atoms with Gasteiger partial charge in [-0.3, -0.25) is 4.57 Å². The van der Waals surface area contributed by atoms with Crippen molar-refractivity contribution in [1.29, 1.82) is 0 Å². The fourth-order valence-corrected chi connectivity index (χ4v) is 10.2. The Morgan fingerprint density at radius 2 is 1.03 bits per heavy atom. The van der Waals surface area contributed by atoms with Gasteiger partial charge in [-0.25, -0.2) is 9.98 Å². The summed E-state index contributed by atoms with van der Waals surface area (Å²) in [5.74, 6) is 1.43. The molecule has 1 N–H and O–H groups in total. The smallest absolute Gasteiger partial charge is 0.211 e. The molecule has 1 aliphatic heterocycles. The standard InChI is InChI=1S/C57H35N5O/c1-2-15-36-29-39(26-25-34(36)13-1)55-58-56(60-57(59-55)62-49-22-10-7-19-42(49)43-20-8-11-23-50(43)62)48-33-40(32-47-44-21-9-12-24-52(44)63-54(47)48)61-51-31-38-17-4-3-16-37(38)30-46(51)45-28-27-35-14-5-6-18-41(35)53(45)61/h1-33,56H,(H,58,59,60). The van der Waals surface area contributed by atoms with Crippen molar-refractivity contribution in [2.45, 2.75) is 6.17 Å². The quantitative estimate of drug-likeness (QED) is 0.193. The third-order valence-electron chi connectivity index (χ3n) is 13.1. The zero-order valence-corrected chi connectivity index (χ0v) is 33.8. The molecule has 0 radical (unpaired) electrons. The molecule has 1 aliphatic rings. The second-order valence-corrected chi connectivity index (χ2v) is 16.6. The van der Waals surface area contributed by atoms with Crippen LogP contribution in [-0.2, 0) is 0 Å². The van der Waals surface area contributed by atoms with Crippen LogP contribution in [-0.4, -0.2) is 20.9 Å². The van der Waals surface area contributed by atoms with Gasteiger partial charge < -0.3 is 14.3 Å². The summed E-state index contributed by atoms with van der Waals surface area (Å²) < 4.78 is 11.6. The fraction of sp³-hybridized carbons (Fsp3) is 0.0175. The highest BCUT2D eigenvalue weighted by atomic mass is 16.3. The maximum Gasteiger partial charge on any atom is 0.211 e. The zero-order valence-electron chi connectivity index (χ0n) is 33.8. The number of hydrogen-bond acceptors (Lipinski definition) is 4. The molecule has 0 bridgehead atoms. The van der Waals surface area contributed by atoms with Gasteiger partial charge in [0.15, 0.2) is 6.17 Å². The molecule has 6 heteroatoms. The van der Waals surface area contributed by atoms with Crippen LogP contribution in [0.5, 0.6) is 0 Å². The molecule has 0 spiro atoms. The molecule has 4 heterocycles. The highest BCUT2D eigenvalue weighted by Gasteiger charge is 2.28. The number of amidine groups is 1. The molecule has 1 unspecified atom stereocenters. The van der Waals surface area contributed by atoms with E-state index < -0.39 is 6.17 Å². The molecule has 0 aliphatic carbocycles. The monoisotopic (exact) mass is 805 g/mol. The SMILES string of the molecule is c1ccc2cc(C3=NC(c4cc(-n5c6cc7ccccc7cc6c6ccc7ccccc7c65)cc5c4oc4ccccc45)N=C(n4c5ccccc5c5ccccc54)N3)ccc2c1. The van der Waals surface area contributed by atoms with E-state index in [0.717, 1.165) is 82.8 Å². The normalized spacial score (nSPS) is 14.5. The van der Waals surface area contributed by atoms with Crippen molar-refractivity contribution < 1.29 is 4.42 Å². The lowest BCUT2D eigenvalue weighted by atomic mass is 10.0. The van der Waals surface area contributed by atoms with Gasteiger partial charge in [0.2, 0.25) is 5.96 Å². The van der Waals surface area contributed by atoms with Crippen molar-refractivity contribution in [3.05, 3.63) is 211 Å². The van der Waals surface area contributed by atoms with E-state index in [-0.39, 0.29) is 0 Å². The van der Waals surface area contributed by atoms with Crippen LogP contribution in [0, 0.1) is 0 Å². The van der Waals surface area contributed by atoms with Gasteiger partial charge in [-0.05, 0) is 75.5 Å². The molecular weight excluding hydrogens is 771 g/mol. The van der Waals surface area contributed by atoms with Gasteiger partial charge in [-0.1, -0.05) is 152 Å². The topological polar surface area (TPSA) is 59.8 Å². The summed E-state index contributed by atoms with van der Waals surface area (Å²) in [6.45, 7) is 0. The van der Waals surface area contributed by atoms with Crippen LogP contribution in [0.4, 0.5) is 0 Å². The Labute approximate surface area is 360 Å². The van der Waals surface area contributed by atoms with E-state index in [0.29, 0.717) is 5.96 Å². The summed E-state index contributed by atoms with van der Waals surface area (Å²) >= 11 is 0. The second kappa shape index (κ2) is 13.0. The van der Waals surface area contributed by atoms with Crippen LogP contribution >= 0.6 is 0 Å². The minimum absolute atomic E-state index is 0.670. The fourth-order valence-electron chi connectivity index (χ4n) is 10.2. The summed E-state index contributed by atoms with van der Waals surface area (Å²) in [4.78, 5) is 11.1. The largest absolute Gasteiger partial charge is 0.456 e. The molecule has 294 valence electrons. The van der Waals surface area contributed by atoms with E-state index in [1.54, 1.807) is 0 Å². The molecule has 63 heavy (non-hydrogen) atoms. The first-order chi connectivity index (χ1) is 31.2. The van der Waals surface area contributed by atoms with Gasteiger partial charge >= 0.3 is 0 Å². The first-order valence-electron chi connectivity index (χ1n) is 21.4. The Balaban J connectivity index is 1.10. The first-order valence-corrected chi connectivity index (χ1v) is 21.4. The van der Waals surface area contributed by atoms with E-state index in [4.69, 9.17) is 14.4 Å². The van der Waals surface area contributed by atoms with Crippen LogP contribution < -0.4 is 5.32 Å². The number of aliphatic imine (C=N–C) groups is 2. The summed E-state index contributed by atoms with van der Waals surface area (Å²) in [7, 11) is 0. The van der Waals surface area contributed by atoms with Crippen molar-refractivity contribution >= 4 is 110 Å². The maximum absolute atomic E-state index is 6.90. The summed E-state index contributed by atoms with van der Waals surface area (Å²) in [5, 5.41) is 17.7. The van der Waals surface area contributed by atoms with Crippen molar-refractivity contribution in [2.75, 3.05) is 0 Å². The van der Waals surface area contributed by atoms with Gasteiger partial charge in [-0.15, -0.1) is 0 Å². The van der Waals surface area contributed by atoms with Crippen LogP contribution in [0.2, 0.25) is 0 Å². The lowest BCUT2D eigenvalue weighted by Crippen LogP contribution is -2.39. The van der Waals surface area contributed by atoms with Crippen molar-refractivity contribution in [2.24, 2.45) is 9.98 Å². The number of para-hydroxylation sites is 3. The maximum atomic E-state index is 6.90. The molecular formula is C57H35N5O. The average Bonchev–Trinajstić information content (AvgIpc) is 4.00. The van der Waals surface area contributed by atoms with E-state index >= 15 is 0 Å². The third-order valence-corrected chi connectivity index (χ3v) is 13.1. The molecule has 3 aromatic heterocycles. The highest BCUT2D eigenvalue weighted by Crippen LogP contribution is 2.43. The van der Waals surface area contributed by atoms with E-state index in [9.17, 15) is 0 Å². The van der Waals surface area contributed by atoms with Gasteiger partial charge in [0.25, 0.3) is 0 Å². The molecule has 1 atom stereocenters. The van der Waals surface area contributed by atoms with Crippen molar-refractivity contribution in [3.63, 3.8) is 0 Å². The molecule has 6 nitrogen and oxygen atoms in total. The van der Waals surface area contributed by atoms with Crippen LogP contribution in [0.15, 0.2) is 215 Å². The number of furan rings is 1. The van der Waals surface area contributed by atoms with Gasteiger partial charge in [0, 0.05) is 54.5 Å². The Morgan fingerprint density at radius 3 is 1.81 bits per heavy atom. The number of fused-ring (bicyclic) bond motifs is 13. The number of aromatic nitrogens is 2. The summed E-state index contributed by atoms with van der Waals surface area (Å²) in [5.41, 5.74) is 8.90. The molecule has 14 rings (SSSR count). The Kier molecular flexibility index (Phi) is 7.07. The van der Waals surface area contributed by atoms with Crippen molar-refractivity contribution in [1.82, 2.24) is 14.5 Å². The predicted molar refractivity (Wildman–Crippen MR) is 262 cm³/mol. The van der Waals surface area contributed by atoms with E-state index in [1.165, 1.54) is 37.7 Å². The minimum atomic E-state index is -0.670. The first kappa shape index (κ1) is 34.3. The molecule has 0 saturated heterocycles. The second-order valence-electron chi connectivity index (χ2n) is 16.6. The van der Waals surface area contributed by atoms with Crippen molar-refractivity contribution in [3.8, 4) is 5.69 Å². The number of rotatable bonds is 3. The molecule has 0 amide bonds. The van der Waals surface area contributed by atoms with Crippen LogP contribution in [0.1, 0.15) is 17.3 Å². The molecule has 13 aromatic rings. The number of nitrogens with one attached hydrogen (secondary N) is 1. The number of nitrogens with zero attached hydrogens (tertiary/aromatic N) is 4. The number of benzene rings is 10. The predicted octanol–water partition coefficient (Wildman–Crippen LogP) is 14.2. The Hall–Kier alpha value is -8.48. The zero-order chi connectivity index (χ0) is 41.2. The third kappa shape index (κ3) is 5.06. The number of hydrogen-bond donors (Lipinski definition) is 1. The summed E-state index contributed by atoms with van der Waals surface area (Å²) in [6, 6.07) is 71.6. The van der Waals surface area contributed by atoms with Crippen LogP contribution in [0.25, 0.3) is 104 Å². The van der Waals surface area contributed by atoms with Gasteiger partial charge in [-0.2, -0.15) is 0 Å². The lowest BCUT2D eigenvalue weighted by molar-refractivity contribution is 0.648. The van der Waals surface area contributed by atoms with E-state index in [1.807, 2.05) is 6.07 Å². The van der Waals surface area contributed by atoms with E-state index in [2.05, 4.69) is 209 Å². The molecule has 10 aromatic carbocycles. The average molecular weight is 806 g/mol. The molecule has 0 saturated carbocycles. The summed E-state index contributed by atoms with van der Waals surface area (Å²) in [6.07, 6.45) is -0.670. The highest BCUT2D eigenvalue weighted by molar-refractivity contribution is 6.22. The van der Waals surface area contributed by atoms with Gasteiger partial charge in [0.05, 0.1) is 22.1 Å². The van der Waals surface area contributed by atoms with Crippen LogP contribution in [0.3, 0.4) is 0 Å². The Bertz CT molecular complexity index is 4090. The minimum Gasteiger partial charge on any atom is -0.456 e. The van der Waals surface area contributed by atoms with Gasteiger partial charge in [0.1, 0.15) is 17.0 Å². The lowest BCUT2D eigenvalue weighted by Gasteiger charge is -2.24. The molecule has 0 fully saturated rings. The Morgan fingerprint density at radius 1 is 0.413 bits per heavy atom.